The van der Waals surface area contributed by atoms with Gasteiger partial charge in [0.15, 0.2) is 18.3 Å². The molecular weight excluding hydrogens is 1970 g/mol. The highest BCUT2D eigenvalue weighted by Crippen LogP contribution is 2.32. The van der Waals surface area contributed by atoms with Crippen molar-refractivity contribution in [1.29, 1.82) is 0 Å². The normalized spacial score (nSPS) is 13.6. The number of hydrogen-bond acceptors (Lipinski definition) is 35. The van der Waals surface area contributed by atoms with E-state index >= 15 is 0 Å². The van der Waals surface area contributed by atoms with Crippen LogP contribution in [0.25, 0.3) is 43.1 Å². The Morgan fingerprint density at radius 1 is 0.235 bits per heavy atom. The minimum absolute atomic E-state index is 0.504. The monoisotopic (exact) mass is 2080 g/mol. The van der Waals surface area contributed by atoms with Crippen LogP contribution in [-0.2, 0) is 148 Å². The van der Waals surface area contributed by atoms with Gasteiger partial charge in [0, 0.05) is 6.42 Å². The number of carbonyl (C=O) groups is 22. The largest absolute Gasteiger partial charge is 0.497 e. The second kappa shape index (κ2) is 56.6. The lowest BCUT2D eigenvalue weighted by Gasteiger charge is -2.26. The molecule has 48 nitrogen and oxygen atoms in total. The molecule has 8 aromatic carbocycles. The lowest BCUT2D eigenvalue weighted by molar-refractivity contribution is -0.170. The van der Waals surface area contributed by atoms with E-state index in [-0.39, 0.29) is 0 Å². The van der Waals surface area contributed by atoms with Gasteiger partial charge in [0.1, 0.15) is 98.9 Å². The number of amides is 6. The Labute approximate surface area is 846 Å². The Balaban J connectivity index is 0.948. The maximum atomic E-state index is 14.0. The molecule has 13 N–H and O–H groups in total. The first-order valence-corrected chi connectivity index (χ1v) is 45.9. The molecular formula is C101H110N6O42. The molecule has 6 amide bonds. The van der Waals surface area contributed by atoms with E-state index in [2.05, 4.69) is 0 Å². The van der Waals surface area contributed by atoms with Gasteiger partial charge >= 0.3 is 95.5 Å². The molecule has 8 aromatic rings. The summed E-state index contributed by atoms with van der Waals surface area (Å²) in [5.41, 5.74) is 2.12. The molecule has 0 aliphatic rings. The lowest BCUT2D eigenvalue weighted by atomic mass is 9.97. The zero-order valence-corrected chi connectivity index (χ0v) is 81.5. The Hall–Kier alpha value is -17.7. The molecule has 796 valence electrons. The molecule has 0 heterocycles. The summed E-state index contributed by atoms with van der Waals surface area (Å²) in [6.07, 6.45) is -18.6. The minimum atomic E-state index is -2.50. The topological polar surface area (TPSA) is 709 Å². The first-order chi connectivity index (χ1) is 70.7. The van der Waals surface area contributed by atoms with Gasteiger partial charge in [-0.05, 0) is 142 Å². The summed E-state index contributed by atoms with van der Waals surface area (Å²) in [5.74, 6) is -34.0. The number of esters is 9. The van der Waals surface area contributed by atoms with E-state index in [1.54, 1.807) is 195 Å². The Kier molecular flexibility index (Phi) is 44.3. The third-order valence-corrected chi connectivity index (χ3v) is 22.8. The van der Waals surface area contributed by atoms with Crippen LogP contribution in [0.5, 0.6) is 23.0 Å². The van der Waals surface area contributed by atoms with Crippen molar-refractivity contribution in [3.05, 3.63) is 168 Å². The predicted octanol–water partition coefficient (Wildman–Crippen LogP) is 5.03. The molecule has 0 aromatic heterocycles. The van der Waals surface area contributed by atoms with Gasteiger partial charge < -0.3 is 129 Å². The third kappa shape index (κ3) is 37.5. The average molecular weight is 2080 g/mol. The maximum absolute atomic E-state index is 14.0. The fourth-order valence-electron chi connectivity index (χ4n) is 14.4. The van der Waals surface area contributed by atoms with Crippen LogP contribution < -0.4 is 50.8 Å². The van der Waals surface area contributed by atoms with Gasteiger partial charge in [0.25, 0.3) is 0 Å². The quantitative estimate of drug-likeness (QED) is 0.0176. The van der Waals surface area contributed by atoms with Gasteiger partial charge in [-0.2, -0.15) is 0 Å². The molecule has 149 heavy (non-hydrogen) atoms. The number of benzene rings is 8. The molecule has 0 spiro atoms. The molecule has 0 radical (unpaired) electrons. The second-order valence-corrected chi connectivity index (χ2v) is 33.8. The van der Waals surface area contributed by atoms with Crippen molar-refractivity contribution in [2.24, 2.45) is 0 Å². The van der Waals surface area contributed by atoms with E-state index in [9.17, 15) is 136 Å². The van der Waals surface area contributed by atoms with Crippen molar-refractivity contribution in [3.63, 3.8) is 0 Å². The van der Waals surface area contributed by atoms with E-state index < -0.39 is 326 Å². The number of fused-ring (bicyclic) bond motifs is 4. The number of rotatable bonds is 60. The molecule has 0 aliphatic carbocycles. The summed E-state index contributed by atoms with van der Waals surface area (Å²) >= 11 is 0. The van der Waals surface area contributed by atoms with Crippen molar-refractivity contribution in [2.45, 2.75) is 183 Å². The summed E-state index contributed by atoms with van der Waals surface area (Å²) < 4.78 is 71.5. The van der Waals surface area contributed by atoms with Crippen LogP contribution in [0.2, 0.25) is 0 Å². The van der Waals surface area contributed by atoms with Gasteiger partial charge in [-0.1, -0.05) is 97.1 Å². The molecule has 0 saturated heterocycles. The van der Waals surface area contributed by atoms with E-state index in [0.717, 1.165) is 43.1 Å². The number of hydrogen-bond donors (Lipinski definition) is 13. The highest BCUT2D eigenvalue weighted by molar-refractivity contribution is 6.02. The summed E-state index contributed by atoms with van der Waals surface area (Å²) in [5, 5.41) is 83.8. The van der Waals surface area contributed by atoms with Gasteiger partial charge in [-0.25, -0.2) is 4.79 Å². The van der Waals surface area contributed by atoms with E-state index in [0.29, 0.717) is 45.3 Å². The van der Waals surface area contributed by atoms with Crippen LogP contribution in [0.15, 0.2) is 146 Å². The van der Waals surface area contributed by atoms with Crippen molar-refractivity contribution in [2.75, 3.05) is 68.1 Å². The van der Waals surface area contributed by atoms with Gasteiger partial charge in [0.2, 0.25) is 35.4 Å². The average Bonchev–Trinajstić information content (AvgIpc) is 0.822. The molecule has 13 atom stereocenters. The predicted molar refractivity (Wildman–Crippen MR) is 511 cm³/mol. The van der Waals surface area contributed by atoms with E-state index in [4.69, 9.17) is 66.7 Å². The van der Waals surface area contributed by atoms with Crippen LogP contribution >= 0.6 is 0 Å². The fraction of sp³-hybridized carbons (Fsp3) is 0.386. The number of carbonyl (C=O) groups excluding carboxylic acids is 15. The second-order valence-electron chi connectivity index (χ2n) is 33.8. The SMILES string of the molecule is COc1ccc2cc([C@H](C)C(=O)OCC(COC(=O)CCC(=O)OCC(COC(=O)CCC(=O)N[C@@H](CC(=O)O)C(=O)N[C@@H](CC(=O)O)C(=O)N[C@@H](CC(=O)O)C(=O)N[C@@H](CC(=O)O)C(=O)N[C@@H](CC(=O)O)C(=O)N[C@@H](CC(=O)O)C(=O)O)OC(=O)CCC(=O)OCC(COC(=O)[C@@H](C)c3ccc4cc(OC)ccc4c3)OC(=O)[C@@H](C)c3ccc4cc(OC)ccc4c3)OC(=O)[C@@H](C)c3ccc4cc(OC)ccc4c3)ccc2c1. The zero-order valence-electron chi connectivity index (χ0n) is 81.5. The Morgan fingerprint density at radius 3 is 0.698 bits per heavy atom. The fourth-order valence-corrected chi connectivity index (χ4v) is 14.4. The molecule has 0 saturated carbocycles. The number of methoxy groups -OCH3 is 4. The standard InChI is InChI=1S/C101H110N6O42/c1-51(55-9-13-63-35-67(137-5)21-17-59(63)31-55)98(133)145-49-72(148-100(135)53(3)57-11-15-65-37-69(139-7)23-19-61(65)33-57)47-143-89(123)28-27-88(122)142-46-71(147-91(125)30-29-90(124)144-48-73(149-101(136)54(4)58-12-16-66-38-70(140-8)24-20-62(66)34-58)50-146-99(134)52(2)56-10-14-64-36-68(138-6)22-18-60(64)32-56)45-141-87(121)26-25-80(108)102-74(39-81(109)110)92(126)103-75(40-82(111)112)93(127)104-76(41-83(113)114)94(128)105-77(42-84(115)116)95(129)106-78(43-85(117)118)96(130)107-79(97(131)132)44-86(119)120/h9-24,31-38,51-54,71-79H,25-30,39-50H2,1-8H3,(H,102,108)(H,103,126)(H,104,127)(H,105,128)(H,106,129)(H,107,130)(H,109,110)(H,111,112)(H,113,114)(H,115,116)(H,117,118)(H,119,120)(H,131,132)/t51-,52-,53-,54-,71?,72?,73?,74-,75-,76-,77-,78-,79-/m0/s1. The third-order valence-electron chi connectivity index (χ3n) is 22.8. The Bertz CT molecular complexity index is 6340. The van der Waals surface area contributed by atoms with Gasteiger partial charge in [-0.15, -0.1) is 0 Å². The van der Waals surface area contributed by atoms with Crippen molar-refractivity contribution >= 4 is 174 Å². The molecule has 8 rings (SSSR count). The Morgan fingerprint density at radius 2 is 0.443 bits per heavy atom. The molecule has 48 heteroatoms. The summed E-state index contributed by atoms with van der Waals surface area (Å²) in [6.45, 7) is 1.37. The van der Waals surface area contributed by atoms with Gasteiger partial charge in [0.05, 0.1) is 123 Å². The first kappa shape index (κ1) is 117. The van der Waals surface area contributed by atoms with Crippen molar-refractivity contribution in [1.82, 2.24) is 31.9 Å². The number of carboxylic acids is 7. The maximum Gasteiger partial charge on any atom is 0.326 e. The number of aliphatic carboxylic acids is 7. The van der Waals surface area contributed by atoms with Crippen LogP contribution in [0.1, 0.15) is 151 Å². The molecule has 0 fully saturated rings. The van der Waals surface area contributed by atoms with Crippen LogP contribution in [0.4, 0.5) is 0 Å². The summed E-state index contributed by atoms with van der Waals surface area (Å²) in [7, 11) is 6.03. The van der Waals surface area contributed by atoms with Crippen LogP contribution in [0.3, 0.4) is 0 Å². The van der Waals surface area contributed by atoms with E-state index in [1.807, 2.05) is 10.6 Å². The molecule has 3 unspecified atom stereocenters. The molecule has 0 aliphatic heterocycles. The van der Waals surface area contributed by atoms with Crippen LogP contribution in [0, 0.1) is 0 Å². The first-order valence-electron chi connectivity index (χ1n) is 45.9. The summed E-state index contributed by atoms with van der Waals surface area (Å²) in [6, 6.07) is 27.9. The van der Waals surface area contributed by atoms with Crippen molar-refractivity contribution < 1.29 is 203 Å². The smallest absolute Gasteiger partial charge is 0.326 e. The van der Waals surface area contributed by atoms with Crippen molar-refractivity contribution in [3.8, 4) is 23.0 Å². The lowest BCUT2D eigenvalue weighted by Crippen LogP contribution is -2.60. The van der Waals surface area contributed by atoms with E-state index in [1.165, 1.54) is 28.4 Å². The minimum Gasteiger partial charge on any atom is -0.497 e. The molecule has 0 bridgehead atoms. The summed E-state index contributed by atoms with van der Waals surface area (Å²) in [4.78, 5) is 288. The highest BCUT2D eigenvalue weighted by Gasteiger charge is 2.39. The number of carboxylic acid groups (broad SMARTS) is 7. The highest BCUT2D eigenvalue weighted by atomic mass is 16.6. The van der Waals surface area contributed by atoms with Gasteiger partial charge in [-0.3, -0.25) is 101 Å². The number of ether oxygens (including phenoxy) is 13. The number of nitrogens with one attached hydrogen (secondary N) is 6. The zero-order chi connectivity index (χ0) is 110. The van der Waals surface area contributed by atoms with Crippen LogP contribution in [-0.4, -0.2) is 289 Å².